The standard InChI is InChI=1S/C29H28N4O2S/c1-5-20-9-11-22(12-10-20)27-31-28(35-32-27)25-19(3)33(23-8-6-7-18(2)17-23)29(36)30-26(25)21-13-15-24(34-4)16-14-21/h6-17,26H,5H2,1-4H3,(H,30,36). The monoisotopic (exact) mass is 496 g/mol. The summed E-state index contributed by atoms with van der Waals surface area (Å²) in [4.78, 5) is 6.85. The van der Waals surface area contributed by atoms with E-state index in [1.165, 1.54) is 5.56 Å². The van der Waals surface area contributed by atoms with Crippen LogP contribution in [0.5, 0.6) is 5.75 Å². The minimum absolute atomic E-state index is 0.264. The average molecular weight is 497 g/mol. The first-order valence-electron chi connectivity index (χ1n) is 11.9. The summed E-state index contributed by atoms with van der Waals surface area (Å²) >= 11 is 5.85. The van der Waals surface area contributed by atoms with Gasteiger partial charge in [-0.2, -0.15) is 4.98 Å². The molecule has 1 aliphatic rings. The van der Waals surface area contributed by atoms with Gasteiger partial charge in [0.1, 0.15) is 5.75 Å². The summed E-state index contributed by atoms with van der Waals surface area (Å²) in [5.41, 5.74) is 7.13. The molecule has 1 atom stereocenters. The first-order chi connectivity index (χ1) is 17.5. The second-order valence-electron chi connectivity index (χ2n) is 8.80. The van der Waals surface area contributed by atoms with E-state index in [1.54, 1.807) is 7.11 Å². The summed E-state index contributed by atoms with van der Waals surface area (Å²) in [5.74, 6) is 1.80. The molecule has 0 aliphatic carbocycles. The fourth-order valence-electron chi connectivity index (χ4n) is 4.48. The quantitative estimate of drug-likeness (QED) is 0.306. The highest BCUT2D eigenvalue weighted by Gasteiger charge is 2.34. The van der Waals surface area contributed by atoms with Crippen LogP contribution in [-0.2, 0) is 6.42 Å². The third-order valence-electron chi connectivity index (χ3n) is 6.47. The molecule has 0 spiro atoms. The maximum absolute atomic E-state index is 5.87. The lowest BCUT2D eigenvalue weighted by atomic mass is 9.94. The van der Waals surface area contributed by atoms with Crippen LogP contribution in [0.1, 0.15) is 42.5 Å². The molecule has 2 heterocycles. The minimum atomic E-state index is -0.264. The Morgan fingerprint density at radius 2 is 1.78 bits per heavy atom. The molecular weight excluding hydrogens is 468 g/mol. The highest BCUT2D eigenvalue weighted by molar-refractivity contribution is 7.80. The highest BCUT2D eigenvalue weighted by Crippen LogP contribution is 2.39. The second-order valence-corrected chi connectivity index (χ2v) is 9.19. The molecule has 0 radical (unpaired) electrons. The lowest BCUT2D eigenvalue weighted by Gasteiger charge is -2.37. The van der Waals surface area contributed by atoms with Gasteiger partial charge in [0.15, 0.2) is 5.11 Å². The van der Waals surface area contributed by atoms with Crippen molar-refractivity contribution in [3.05, 3.63) is 101 Å². The van der Waals surface area contributed by atoms with E-state index in [9.17, 15) is 0 Å². The van der Waals surface area contributed by atoms with Gasteiger partial charge in [-0.05, 0) is 73.4 Å². The van der Waals surface area contributed by atoms with Crippen molar-refractivity contribution < 1.29 is 9.26 Å². The van der Waals surface area contributed by atoms with Crippen LogP contribution in [0.4, 0.5) is 5.69 Å². The Labute approximate surface area is 216 Å². The number of methoxy groups -OCH3 is 1. The molecule has 0 fully saturated rings. The zero-order valence-electron chi connectivity index (χ0n) is 20.8. The van der Waals surface area contributed by atoms with Crippen LogP contribution in [0.25, 0.3) is 17.0 Å². The van der Waals surface area contributed by atoms with E-state index in [-0.39, 0.29) is 6.04 Å². The van der Waals surface area contributed by atoms with Crippen LogP contribution in [0.2, 0.25) is 0 Å². The van der Waals surface area contributed by atoms with Gasteiger partial charge in [0.05, 0.1) is 18.7 Å². The SMILES string of the molecule is CCc1ccc(-c2noc(C3=C(C)N(c4cccc(C)c4)C(=S)NC3c3ccc(OC)cc3)n2)cc1. The second kappa shape index (κ2) is 9.95. The molecule has 1 unspecified atom stereocenters. The molecule has 7 heteroatoms. The van der Waals surface area contributed by atoms with Crippen molar-refractivity contribution in [2.45, 2.75) is 33.2 Å². The maximum atomic E-state index is 5.87. The Hall–Kier alpha value is -3.97. The van der Waals surface area contributed by atoms with Gasteiger partial charge in [-0.15, -0.1) is 0 Å². The largest absolute Gasteiger partial charge is 0.497 e. The van der Waals surface area contributed by atoms with Crippen LogP contribution < -0.4 is 15.0 Å². The number of benzene rings is 3. The molecule has 6 nitrogen and oxygen atoms in total. The topological polar surface area (TPSA) is 63.4 Å². The molecule has 1 aromatic heterocycles. The molecule has 36 heavy (non-hydrogen) atoms. The van der Waals surface area contributed by atoms with Crippen molar-refractivity contribution in [2.24, 2.45) is 0 Å². The Morgan fingerprint density at radius 3 is 2.44 bits per heavy atom. The fraction of sp³-hybridized carbons (Fsp3) is 0.207. The minimum Gasteiger partial charge on any atom is -0.497 e. The first-order valence-corrected chi connectivity index (χ1v) is 12.3. The number of nitrogens with zero attached hydrogens (tertiary/aromatic N) is 3. The molecule has 182 valence electrons. The molecule has 0 amide bonds. The van der Waals surface area contributed by atoms with Crippen molar-refractivity contribution in [3.63, 3.8) is 0 Å². The van der Waals surface area contributed by atoms with Crippen molar-refractivity contribution in [2.75, 3.05) is 12.0 Å². The van der Waals surface area contributed by atoms with Gasteiger partial charge in [-0.3, -0.25) is 4.90 Å². The Bertz CT molecular complexity index is 1420. The summed E-state index contributed by atoms with van der Waals surface area (Å²) < 4.78 is 11.2. The number of allylic oxidation sites excluding steroid dienone is 1. The predicted molar refractivity (Wildman–Crippen MR) is 147 cm³/mol. The lowest BCUT2D eigenvalue weighted by molar-refractivity contribution is 0.404. The number of hydrogen-bond donors (Lipinski definition) is 1. The fourth-order valence-corrected chi connectivity index (χ4v) is 4.84. The van der Waals surface area contributed by atoms with Crippen molar-refractivity contribution in [3.8, 4) is 17.1 Å². The number of thiocarbonyl (C=S) groups is 1. The zero-order chi connectivity index (χ0) is 25.2. The third-order valence-corrected chi connectivity index (χ3v) is 6.77. The molecular formula is C29H28N4O2S. The van der Waals surface area contributed by atoms with Gasteiger partial charge in [0.2, 0.25) is 5.82 Å². The average Bonchev–Trinajstić information content (AvgIpc) is 3.38. The van der Waals surface area contributed by atoms with E-state index in [4.69, 9.17) is 26.5 Å². The molecule has 0 bridgehead atoms. The van der Waals surface area contributed by atoms with Crippen molar-refractivity contribution in [1.82, 2.24) is 15.5 Å². The predicted octanol–water partition coefficient (Wildman–Crippen LogP) is 6.48. The van der Waals surface area contributed by atoms with Crippen LogP contribution >= 0.6 is 12.2 Å². The van der Waals surface area contributed by atoms with Gasteiger partial charge in [0.25, 0.3) is 5.89 Å². The normalized spacial score (nSPS) is 15.7. The molecule has 4 aromatic rings. The van der Waals surface area contributed by atoms with Crippen LogP contribution in [-0.4, -0.2) is 22.4 Å². The lowest BCUT2D eigenvalue weighted by Crippen LogP contribution is -2.46. The molecule has 3 aromatic carbocycles. The Morgan fingerprint density at radius 1 is 1.03 bits per heavy atom. The van der Waals surface area contributed by atoms with Crippen molar-refractivity contribution >= 4 is 28.6 Å². The summed E-state index contributed by atoms with van der Waals surface area (Å²) in [6.45, 7) is 6.25. The molecule has 0 saturated carbocycles. The van der Waals surface area contributed by atoms with Gasteiger partial charge < -0.3 is 14.6 Å². The number of anilines is 1. The molecule has 1 N–H and O–H groups in total. The van der Waals surface area contributed by atoms with E-state index in [0.717, 1.165) is 45.8 Å². The summed E-state index contributed by atoms with van der Waals surface area (Å²) in [5, 5.41) is 8.44. The van der Waals surface area contributed by atoms with E-state index >= 15 is 0 Å². The van der Waals surface area contributed by atoms with Gasteiger partial charge >= 0.3 is 0 Å². The number of ether oxygens (including phenoxy) is 1. The molecule has 1 aliphatic heterocycles. The van der Waals surface area contributed by atoms with Crippen LogP contribution in [0, 0.1) is 6.92 Å². The number of hydrogen-bond acceptors (Lipinski definition) is 5. The number of aryl methyl sites for hydroxylation is 2. The maximum Gasteiger partial charge on any atom is 0.258 e. The van der Waals surface area contributed by atoms with E-state index < -0.39 is 0 Å². The number of nitrogens with one attached hydrogen (secondary N) is 1. The summed E-state index contributed by atoms with van der Waals surface area (Å²) in [7, 11) is 1.66. The summed E-state index contributed by atoms with van der Waals surface area (Å²) in [6.07, 6.45) is 0.980. The van der Waals surface area contributed by atoms with Crippen molar-refractivity contribution in [1.29, 1.82) is 0 Å². The van der Waals surface area contributed by atoms with Crippen LogP contribution in [0.3, 0.4) is 0 Å². The molecule has 0 saturated heterocycles. The van der Waals surface area contributed by atoms with Gasteiger partial charge in [-0.25, -0.2) is 0 Å². The molecule has 5 rings (SSSR count). The van der Waals surface area contributed by atoms with E-state index in [0.29, 0.717) is 16.8 Å². The number of aromatic nitrogens is 2. The zero-order valence-corrected chi connectivity index (χ0v) is 21.6. The van der Waals surface area contributed by atoms with Crippen LogP contribution in [0.15, 0.2) is 83.0 Å². The van der Waals surface area contributed by atoms with Gasteiger partial charge in [-0.1, -0.05) is 60.6 Å². The van der Waals surface area contributed by atoms with E-state index in [1.807, 2.05) is 60.4 Å². The number of rotatable bonds is 6. The summed E-state index contributed by atoms with van der Waals surface area (Å²) in [6, 6.07) is 24.2. The first kappa shape index (κ1) is 23.8. The highest BCUT2D eigenvalue weighted by atomic mass is 32.1. The van der Waals surface area contributed by atoms with Gasteiger partial charge in [0, 0.05) is 16.9 Å². The Kier molecular flexibility index (Phi) is 6.57. The van der Waals surface area contributed by atoms with E-state index in [2.05, 4.69) is 48.6 Å². The third kappa shape index (κ3) is 4.50. The smallest absolute Gasteiger partial charge is 0.258 e. The Balaban J connectivity index is 1.62.